The van der Waals surface area contributed by atoms with Crippen LogP contribution < -0.4 is 14.8 Å². The average Bonchev–Trinajstić information content (AvgIpc) is 3.83. The number of sulfonamides is 1. The summed E-state index contributed by atoms with van der Waals surface area (Å²) < 4.78 is 41.3. The van der Waals surface area contributed by atoms with Crippen molar-refractivity contribution in [1.82, 2.24) is 24.5 Å². The number of nitrogens with one attached hydrogen (secondary N) is 3. The Kier molecular flexibility index (Phi) is 11.7. The number of aromatic amines is 1. The van der Waals surface area contributed by atoms with Crippen LogP contribution in [0.2, 0.25) is 0 Å². The lowest BCUT2D eigenvalue weighted by molar-refractivity contribution is -0.384. The van der Waals surface area contributed by atoms with Gasteiger partial charge < -0.3 is 19.8 Å². The van der Waals surface area contributed by atoms with Crippen LogP contribution in [0.15, 0.2) is 90.1 Å². The van der Waals surface area contributed by atoms with Gasteiger partial charge in [0.2, 0.25) is 0 Å². The summed E-state index contributed by atoms with van der Waals surface area (Å²) in [6, 6.07) is 23.5. The van der Waals surface area contributed by atoms with Crippen molar-refractivity contribution in [3.63, 3.8) is 0 Å². The molecule has 5 heterocycles. The monoisotopic (exact) mass is 873 g/mol. The molecule has 3 aliphatic heterocycles. The number of H-pyrrole nitrogens is 1. The van der Waals surface area contributed by atoms with Crippen LogP contribution in [0.3, 0.4) is 0 Å². The van der Waals surface area contributed by atoms with Crippen molar-refractivity contribution < 1.29 is 27.6 Å². The number of likely N-dealkylation sites (tertiary alicyclic amines) is 2. The lowest BCUT2D eigenvalue weighted by atomic mass is 9.80. The lowest BCUT2D eigenvalue weighted by Gasteiger charge is -2.51. The molecule has 3 saturated heterocycles. The number of carbonyl (C=O) groups is 1. The fraction of sp³-hybridized carbons (Fsp3) is 0.458. The smallest absolute Gasteiger partial charge is 0.293 e. The second-order valence-electron chi connectivity index (χ2n) is 18.2. The van der Waals surface area contributed by atoms with Crippen molar-refractivity contribution in [2.45, 2.75) is 99.1 Å². The molecular weight excluding hydrogens is 819 g/mol. The molecule has 5 aromatic rings. The van der Waals surface area contributed by atoms with Crippen LogP contribution in [0.4, 0.5) is 11.4 Å². The van der Waals surface area contributed by atoms with E-state index in [1.165, 1.54) is 44.4 Å². The molecule has 1 amide bonds. The minimum atomic E-state index is -4.53. The summed E-state index contributed by atoms with van der Waals surface area (Å²) >= 11 is 0. The third-order valence-corrected chi connectivity index (χ3v) is 15.5. The van der Waals surface area contributed by atoms with Gasteiger partial charge in [0, 0.05) is 68.6 Å². The standard InChI is InChI=1S/C48H55N7O7S/c56-48(52-63(59,60)39-14-16-43(45(26-39)55(57)58)50-27-31-18-22-61-23-19-31)42-15-11-34(25-46(42)62-38-24-35-17-20-49-47(35)51-28-38)32-9-12-36(13-10-32)53-29-37(30-53)54-21-3-6-44(54)41-5-2-1-4-40(41)33-7-8-33/h1-2,4-5,11,14-17,20,24-26,28,31-33,36-37,44,50H,3,6-10,12-13,18-19,21-23,27,29-30H2,(H,49,51)(H,52,56)/t32?,36?,44-/m1/s1. The normalized spacial score (nSPS) is 22.8. The number of nitro benzene ring substituents is 1. The molecule has 63 heavy (non-hydrogen) atoms. The van der Waals surface area contributed by atoms with Crippen LogP contribution in [0.25, 0.3) is 11.0 Å². The molecule has 5 fully saturated rings. The van der Waals surface area contributed by atoms with E-state index in [2.05, 4.69) is 54.1 Å². The van der Waals surface area contributed by atoms with Gasteiger partial charge in [0.1, 0.15) is 22.8 Å². The minimum Gasteiger partial charge on any atom is -0.455 e. The molecule has 5 aliphatic rings. The molecule has 0 radical (unpaired) electrons. The molecule has 1 atom stereocenters. The first kappa shape index (κ1) is 41.6. The van der Waals surface area contributed by atoms with Crippen LogP contribution in [-0.2, 0) is 14.8 Å². The molecule has 330 valence electrons. The number of pyridine rings is 1. The zero-order valence-electron chi connectivity index (χ0n) is 35.4. The number of rotatable bonds is 14. The third-order valence-electron chi connectivity index (χ3n) is 14.2. The number of aromatic nitrogens is 2. The molecule has 2 saturated carbocycles. The second-order valence-corrected chi connectivity index (χ2v) is 19.8. The van der Waals surface area contributed by atoms with Gasteiger partial charge in [-0.1, -0.05) is 30.3 Å². The van der Waals surface area contributed by atoms with Gasteiger partial charge >= 0.3 is 0 Å². The highest BCUT2D eigenvalue weighted by atomic mass is 32.2. The summed E-state index contributed by atoms with van der Waals surface area (Å²) in [5.41, 5.74) is 4.68. The van der Waals surface area contributed by atoms with Crippen LogP contribution in [-0.4, -0.2) is 90.5 Å². The van der Waals surface area contributed by atoms with E-state index < -0.39 is 31.4 Å². The van der Waals surface area contributed by atoms with E-state index in [-0.39, 0.29) is 28.8 Å². The Morgan fingerprint density at radius 1 is 0.889 bits per heavy atom. The van der Waals surface area contributed by atoms with Crippen molar-refractivity contribution in [2.24, 2.45) is 5.92 Å². The number of hydrogen-bond acceptors (Lipinski definition) is 11. The first-order chi connectivity index (χ1) is 30.7. The molecule has 15 heteroatoms. The van der Waals surface area contributed by atoms with E-state index in [0.29, 0.717) is 49.3 Å². The van der Waals surface area contributed by atoms with Crippen LogP contribution in [0.5, 0.6) is 11.5 Å². The summed E-state index contributed by atoms with van der Waals surface area (Å²) in [6.45, 7) is 5.18. The quantitative estimate of drug-likeness (QED) is 0.0721. The number of ether oxygens (including phenoxy) is 2. The van der Waals surface area contributed by atoms with Gasteiger partial charge in [-0.3, -0.25) is 24.7 Å². The van der Waals surface area contributed by atoms with Crippen molar-refractivity contribution in [1.29, 1.82) is 0 Å². The average molecular weight is 874 g/mol. The van der Waals surface area contributed by atoms with Crippen molar-refractivity contribution in [2.75, 3.05) is 44.7 Å². The largest absolute Gasteiger partial charge is 0.455 e. The summed E-state index contributed by atoms with van der Waals surface area (Å²) in [6.07, 6.45) is 14.3. The number of carbonyl (C=O) groups excluding carboxylic acids is 1. The zero-order valence-corrected chi connectivity index (χ0v) is 36.2. The molecule has 2 aliphatic carbocycles. The number of amides is 1. The molecule has 10 rings (SSSR count). The molecule has 14 nitrogen and oxygen atoms in total. The van der Waals surface area contributed by atoms with E-state index in [4.69, 9.17) is 9.47 Å². The molecule has 3 N–H and O–H groups in total. The van der Waals surface area contributed by atoms with E-state index in [0.717, 1.165) is 74.5 Å². The predicted octanol–water partition coefficient (Wildman–Crippen LogP) is 8.65. The Balaban J connectivity index is 0.819. The Bertz CT molecular complexity index is 2590. The van der Waals surface area contributed by atoms with E-state index >= 15 is 0 Å². The number of fused-ring (bicyclic) bond motifs is 1. The van der Waals surface area contributed by atoms with Crippen LogP contribution >= 0.6 is 0 Å². The number of nitrogens with zero attached hydrogens (tertiary/aromatic N) is 4. The van der Waals surface area contributed by atoms with Gasteiger partial charge in [0.25, 0.3) is 21.6 Å². The van der Waals surface area contributed by atoms with Gasteiger partial charge in [-0.25, -0.2) is 18.1 Å². The number of hydrogen-bond donors (Lipinski definition) is 3. The van der Waals surface area contributed by atoms with Gasteiger partial charge in [-0.15, -0.1) is 0 Å². The summed E-state index contributed by atoms with van der Waals surface area (Å²) in [5, 5.41) is 16.0. The van der Waals surface area contributed by atoms with Gasteiger partial charge in [0.15, 0.2) is 0 Å². The third kappa shape index (κ3) is 8.93. The first-order valence-electron chi connectivity index (χ1n) is 22.7. The van der Waals surface area contributed by atoms with Crippen molar-refractivity contribution in [3.05, 3.63) is 118 Å². The Morgan fingerprint density at radius 2 is 1.67 bits per heavy atom. The summed E-state index contributed by atoms with van der Waals surface area (Å²) in [7, 11) is -4.53. The maximum absolute atomic E-state index is 13.9. The maximum Gasteiger partial charge on any atom is 0.293 e. The number of anilines is 1. The van der Waals surface area contributed by atoms with Gasteiger partial charge in [0.05, 0.1) is 21.6 Å². The van der Waals surface area contributed by atoms with Crippen molar-refractivity contribution in [3.8, 4) is 11.5 Å². The van der Waals surface area contributed by atoms with Gasteiger partial charge in [-0.05, 0) is 142 Å². The summed E-state index contributed by atoms with van der Waals surface area (Å²) in [4.78, 5) is 38.0. The highest BCUT2D eigenvalue weighted by Crippen LogP contribution is 2.47. The SMILES string of the molecule is O=C(NS(=O)(=O)c1ccc(NCC2CCOCC2)c([N+](=O)[O-])c1)c1ccc(C2CCC(N3CC(N4CCC[C@@H]4c4ccccc4C4CC4)C3)CC2)cc1Oc1cnc2[nH]ccc2c1. The van der Waals surface area contributed by atoms with E-state index in [1.807, 2.05) is 24.3 Å². The van der Waals surface area contributed by atoms with E-state index in [1.54, 1.807) is 29.6 Å². The van der Waals surface area contributed by atoms with Crippen LogP contribution in [0, 0.1) is 16.0 Å². The molecular formula is C48H55N7O7S. The Labute approximate surface area is 367 Å². The fourth-order valence-corrected chi connectivity index (χ4v) is 11.5. The maximum atomic E-state index is 13.9. The Hall–Kier alpha value is -5.35. The summed E-state index contributed by atoms with van der Waals surface area (Å²) in [5.74, 6) is 0.963. The highest BCUT2D eigenvalue weighted by molar-refractivity contribution is 7.90. The van der Waals surface area contributed by atoms with Crippen molar-refractivity contribution >= 4 is 38.3 Å². The molecule has 2 aromatic heterocycles. The Morgan fingerprint density at radius 3 is 2.44 bits per heavy atom. The number of nitro groups is 1. The zero-order chi connectivity index (χ0) is 43.1. The predicted molar refractivity (Wildman–Crippen MR) is 240 cm³/mol. The molecule has 0 bridgehead atoms. The lowest BCUT2D eigenvalue weighted by Crippen LogP contribution is -2.62. The first-order valence-corrected chi connectivity index (χ1v) is 24.2. The topological polar surface area (TPSA) is 172 Å². The highest BCUT2D eigenvalue weighted by Gasteiger charge is 2.43. The molecule has 3 aromatic carbocycles. The number of benzene rings is 3. The van der Waals surface area contributed by atoms with E-state index in [9.17, 15) is 23.3 Å². The minimum absolute atomic E-state index is 0.0148. The fourth-order valence-electron chi connectivity index (χ4n) is 10.5. The molecule has 0 unspecified atom stereocenters. The molecule has 0 spiro atoms. The van der Waals surface area contributed by atoms with Crippen LogP contribution in [0.1, 0.15) is 109 Å². The second kappa shape index (κ2) is 17.7. The van der Waals surface area contributed by atoms with Gasteiger partial charge in [-0.2, -0.15) is 0 Å².